The van der Waals surface area contributed by atoms with Gasteiger partial charge in [-0.2, -0.15) is 0 Å². The van der Waals surface area contributed by atoms with Gasteiger partial charge >= 0.3 is 0 Å². The van der Waals surface area contributed by atoms with Gasteiger partial charge in [-0.1, -0.05) is 32.9 Å². The number of hydrogen-bond donors (Lipinski definition) is 3. The molecular weight excluding hydrogens is 306 g/mol. The maximum absolute atomic E-state index is 12.2. The lowest BCUT2D eigenvalue weighted by Gasteiger charge is -2.18. The fourth-order valence-corrected chi connectivity index (χ4v) is 2.33. The molecule has 0 atom stereocenters. The number of amides is 2. The standard InChI is InChI=1S/C18H25N3O3/c1-18(2,3)13-6-5-12-9-15(21-14(12)10-13)17(23)20-11-16(22)19-7-8-24-4/h5-6,9-10,21H,7-8,11H2,1-4H3,(H,19,22)(H,20,23). The molecule has 24 heavy (non-hydrogen) atoms. The van der Waals surface area contributed by atoms with Gasteiger partial charge in [-0.3, -0.25) is 9.59 Å². The lowest BCUT2D eigenvalue weighted by molar-refractivity contribution is -0.120. The van der Waals surface area contributed by atoms with Crippen LogP contribution in [0.5, 0.6) is 0 Å². The quantitative estimate of drug-likeness (QED) is 0.708. The average Bonchev–Trinajstić information content (AvgIpc) is 2.95. The fourth-order valence-electron chi connectivity index (χ4n) is 2.33. The fraction of sp³-hybridized carbons (Fsp3) is 0.444. The third-order valence-electron chi connectivity index (χ3n) is 3.77. The molecule has 2 amide bonds. The zero-order valence-corrected chi connectivity index (χ0v) is 14.7. The molecule has 0 aliphatic rings. The van der Waals surface area contributed by atoms with Crippen LogP contribution in [-0.2, 0) is 14.9 Å². The van der Waals surface area contributed by atoms with Crippen LogP contribution in [0.2, 0.25) is 0 Å². The van der Waals surface area contributed by atoms with Crippen LogP contribution in [0.4, 0.5) is 0 Å². The number of ether oxygens (including phenoxy) is 1. The number of rotatable bonds is 6. The zero-order valence-electron chi connectivity index (χ0n) is 14.7. The number of aromatic amines is 1. The highest BCUT2D eigenvalue weighted by atomic mass is 16.5. The Labute approximate surface area is 142 Å². The molecule has 2 aromatic rings. The minimum absolute atomic E-state index is 0.0437. The average molecular weight is 331 g/mol. The van der Waals surface area contributed by atoms with Gasteiger partial charge < -0.3 is 20.4 Å². The number of hydrogen-bond acceptors (Lipinski definition) is 3. The summed E-state index contributed by atoms with van der Waals surface area (Å²) < 4.78 is 4.85. The van der Waals surface area contributed by atoms with E-state index in [-0.39, 0.29) is 23.8 Å². The highest BCUT2D eigenvalue weighted by Crippen LogP contribution is 2.26. The topological polar surface area (TPSA) is 83.2 Å². The second-order valence-corrected chi connectivity index (χ2v) is 6.76. The van der Waals surface area contributed by atoms with Gasteiger partial charge in [-0.25, -0.2) is 0 Å². The molecule has 0 fully saturated rings. The Bertz CT molecular complexity index is 729. The van der Waals surface area contributed by atoms with Gasteiger partial charge in [0.15, 0.2) is 0 Å². The highest BCUT2D eigenvalue weighted by Gasteiger charge is 2.16. The van der Waals surface area contributed by atoms with Crippen molar-refractivity contribution in [3.63, 3.8) is 0 Å². The number of methoxy groups -OCH3 is 1. The van der Waals surface area contributed by atoms with Crippen LogP contribution in [-0.4, -0.2) is 43.6 Å². The second kappa shape index (κ2) is 7.49. The molecule has 0 spiro atoms. The van der Waals surface area contributed by atoms with Crippen molar-refractivity contribution < 1.29 is 14.3 Å². The molecule has 6 nitrogen and oxygen atoms in total. The smallest absolute Gasteiger partial charge is 0.268 e. The van der Waals surface area contributed by atoms with Crippen molar-refractivity contribution in [1.29, 1.82) is 0 Å². The molecular formula is C18H25N3O3. The largest absolute Gasteiger partial charge is 0.383 e. The summed E-state index contributed by atoms with van der Waals surface area (Å²) in [6.45, 7) is 7.24. The van der Waals surface area contributed by atoms with E-state index in [4.69, 9.17) is 4.74 Å². The van der Waals surface area contributed by atoms with Crippen LogP contribution in [0, 0.1) is 0 Å². The minimum Gasteiger partial charge on any atom is -0.383 e. The molecule has 6 heteroatoms. The number of carbonyl (C=O) groups excluding carboxylic acids is 2. The van der Waals surface area contributed by atoms with E-state index in [1.807, 2.05) is 6.07 Å². The summed E-state index contributed by atoms with van der Waals surface area (Å²) in [5.74, 6) is -0.545. The van der Waals surface area contributed by atoms with Crippen molar-refractivity contribution in [2.24, 2.45) is 0 Å². The van der Waals surface area contributed by atoms with Crippen LogP contribution in [0.15, 0.2) is 24.3 Å². The van der Waals surface area contributed by atoms with E-state index in [0.29, 0.717) is 18.8 Å². The lowest BCUT2D eigenvalue weighted by Crippen LogP contribution is -2.38. The third-order valence-corrected chi connectivity index (χ3v) is 3.77. The van der Waals surface area contributed by atoms with Crippen molar-refractivity contribution in [3.8, 4) is 0 Å². The minimum atomic E-state index is -0.301. The van der Waals surface area contributed by atoms with Crippen LogP contribution in [0.3, 0.4) is 0 Å². The van der Waals surface area contributed by atoms with Gasteiger partial charge in [0.05, 0.1) is 13.2 Å². The Balaban J connectivity index is 2.01. The zero-order chi connectivity index (χ0) is 17.7. The summed E-state index contributed by atoms with van der Waals surface area (Å²) in [7, 11) is 1.56. The molecule has 0 aliphatic heterocycles. The first-order chi connectivity index (χ1) is 11.3. The third kappa shape index (κ3) is 4.58. The van der Waals surface area contributed by atoms with Crippen molar-refractivity contribution in [2.45, 2.75) is 26.2 Å². The lowest BCUT2D eigenvalue weighted by atomic mass is 9.87. The predicted octanol–water partition coefficient (Wildman–Crippen LogP) is 1.96. The van der Waals surface area contributed by atoms with E-state index in [1.54, 1.807) is 13.2 Å². The van der Waals surface area contributed by atoms with Crippen molar-refractivity contribution in [3.05, 3.63) is 35.5 Å². The molecule has 0 aliphatic carbocycles. The number of carbonyl (C=O) groups is 2. The van der Waals surface area contributed by atoms with E-state index >= 15 is 0 Å². The van der Waals surface area contributed by atoms with Gasteiger partial charge in [0.1, 0.15) is 5.69 Å². The SMILES string of the molecule is COCCNC(=O)CNC(=O)c1cc2ccc(C(C)(C)C)cc2[nH]1. The van der Waals surface area contributed by atoms with E-state index in [1.165, 1.54) is 5.56 Å². The van der Waals surface area contributed by atoms with E-state index in [2.05, 4.69) is 48.5 Å². The summed E-state index contributed by atoms with van der Waals surface area (Å²) >= 11 is 0. The van der Waals surface area contributed by atoms with Gasteiger partial charge in [0.25, 0.3) is 5.91 Å². The van der Waals surface area contributed by atoms with Crippen molar-refractivity contribution in [2.75, 3.05) is 26.8 Å². The first kappa shape index (κ1) is 18.0. The van der Waals surface area contributed by atoms with Gasteiger partial charge in [-0.05, 0) is 23.1 Å². The van der Waals surface area contributed by atoms with Gasteiger partial charge in [0, 0.05) is 24.6 Å². The molecule has 0 saturated heterocycles. The molecule has 1 aromatic heterocycles. The normalized spacial score (nSPS) is 11.5. The van der Waals surface area contributed by atoms with Gasteiger partial charge in [-0.15, -0.1) is 0 Å². The van der Waals surface area contributed by atoms with Crippen LogP contribution in [0.1, 0.15) is 36.8 Å². The van der Waals surface area contributed by atoms with E-state index < -0.39 is 0 Å². The monoisotopic (exact) mass is 331 g/mol. The van der Waals surface area contributed by atoms with E-state index in [9.17, 15) is 9.59 Å². The molecule has 1 aromatic carbocycles. The molecule has 0 bridgehead atoms. The molecule has 2 rings (SSSR count). The highest BCUT2D eigenvalue weighted by molar-refractivity contribution is 5.99. The first-order valence-corrected chi connectivity index (χ1v) is 7.98. The number of fused-ring (bicyclic) bond motifs is 1. The first-order valence-electron chi connectivity index (χ1n) is 7.98. The summed E-state index contributed by atoms with van der Waals surface area (Å²) in [6.07, 6.45) is 0. The number of H-pyrrole nitrogens is 1. The summed E-state index contributed by atoms with van der Waals surface area (Å²) in [5, 5.41) is 6.23. The van der Waals surface area contributed by atoms with Crippen LogP contribution in [0.25, 0.3) is 10.9 Å². The molecule has 0 unspecified atom stereocenters. The Morgan fingerprint density at radius 3 is 2.58 bits per heavy atom. The maximum Gasteiger partial charge on any atom is 0.268 e. The Kier molecular flexibility index (Phi) is 5.62. The summed E-state index contributed by atoms with van der Waals surface area (Å²) in [5.41, 5.74) is 2.60. The van der Waals surface area contributed by atoms with Gasteiger partial charge in [0.2, 0.25) is 5.91 Å². The molecule has 130 valence electrons. The van der Waals surface area contributed by atoms with Crippen molar-refractivity contribution in [1.82, 2.24) is 15.6 Å². The summed E-state index contributed by atoms with van der Waals surface area (Å²) in [4.78, 5) is 26.9. The Morgan fingerprint density at radius 2 is 1.92 bits per heavy atom. The Hall–Kier alpha value is -2.34. The van der Waals surface area contributed by atoms with Crippen LogP contribution < -0.4 is 10.6 Å². The molecule has 3 N–H and O–H groups in total. The van der Waals surface area contributed by atoms with Crippen LogP contribution >= 0.6 is 0 Å². The molecule has 1 heterocycles. The predicted molar refractivity (Wildman–Crippen MR) is 94.2 cm³/mol. The second-order valence-electron chi connectivity index (χ2n) is 6.76. The van der Waals surface area contributed by atoms with Crippen molar-refractivity contribution >= 4 is 22.7 Å². The summed E-state index contributed by atoms with van der Waals surface area (Å²) in [6, 6.07) is 7.92. The Morgan fingerprint density at radius 1 is 1.17 bits per heavy atom. The maximum atomic E-state index is 12.2. The number of aromatic nitrogens is 1. The number of nitrogens with one attached hydrogen (secondary N) is 3. The van der Waals surface area contributed by atoms with E-state index in [0.717, 1.165) is 10.9 Å². The number of benzene rings is 1. The molecule has 0 saturated carbocycles. The molecule has 0 radical (unpaired) electrons.